The van der Waals surface area contributed by atoms with Gasteiger partial charge >= 0.3 is 0 Å². The van der Waals surface area contributed by atoms with E-state index in [0.717, 1.165) is 16.8 Å². The van der Waals surface area contributed by atoms with E-state index in [1.165, 1.54) is 12.1 Å². The number of hydrogen-bond donors (Lipinski definition) is 2. The fourth-order valence-electron chi connectivity index (χ4n) is 3.69. The zero-order valence-electron chi connectivity index (χ0n) is 14.5. The molecule has 2 N–H and O–H groups in total. The Kier molecular flexibility index (Phi) is 3.33. The van der Waals surface area contributed by atoms with E-state index < -0.39 is 10.6 Å². The number of nitro groups is 1. The number of nitro benzene ring substituents is 1. The Bertz CT molecular complexity index is 1170. The smallest absolute Gasteiger partial charge is 0.277 e. The second kappa shape index (κ2) is 5.75. The number of fused-ring (bicyclic) bond motifs is 3. The summed E-state index contributed by atoms with van der Waals surface area (Å²) in [6, 6.07) is 21.5. The van der Waals surface area contributed by atoms with Gasteiger partial charge < -0.3 is 10.6 Å². The van der Waals surface area contributed by atoms with Gasteiger partial charge in [0.15, 0.2) is 0 Å². The topological polar surface area (TPSA) is 96.6 Å². The summed E-state index contributed by atoms with van der Waals surface area (Å²) in [5, 5.41) is 17.3. The lowest BCUT2D eigenvalue weighted by Crippen LogP contribution is -2.44. The van der Waals surface area contributed by atoms with E-state index in [2.05, 4.69) is 10.6 Å². The molecular weight excluding hydrogens is 356 g/mol. The number of hydrogen-bond acceptors (Lipinski definition) is 5. The largest absolute Gasteiger partial charge is 0.349 e. The molecule has 0 saturated carbocycles. The summed E-state index contributed by atoms with van der Waals surface area (Å²) in [5.74, 6) is -0.370. The number of benzene rings is 3. The van der Waals surface area contributed by atoms with Gasteiger partial charge in [0.2, 0.25) is 5.66 Å². The van der Waals surface area contributed by atoms with Crippen molar-refractivity contribution in [3.63, 3.8) is 0 Å². The molecule has 28 heavy (non-hydrogen) atoms. The van der Waals surface area contributed by atoms with Crippen LogP contribution in [0.25, 0.3) is 0 Å². The van der Waals surface area contributed by atoms with Crippen LogP contribution in [-0.4, -0.2) is 16.5 Å². The second-order valence-electron chi connectivity index (χ2n) is 6.65. The van der Waals surface area contributed by atoms with Crippen LogP contribution in [0.3, 0.4) is 0 Å². The first kappa shape index (κ1) is 16.2. The summed E-state index contributed by atoms with van der Waals surface area (Å²) in [6.45, 7) is 0. The van der Waals surface area contributed by atoms with Crippen molar-refractivity contribution in [2.24, 2.45) is 4.99 Å². The van der Waals surface area contributed by atoms with Crippen molar-refractivity contribution in [2.75, 3.05) is 10.6 Å². The van der Waals surface area contributed by atoms with E-state index in [9.17, 15) is 14.9 Å². The van der Waals surface area contributed by atoms with Crippen LogP contribution in [0, 0.1) is 10.1 Å². The average molecular weight is 370 g/mol. The molecule has 0 aliphatic carbocycles. The van der Waals surface area contributed by atoms with Crippen LogP contribution in [0.2, 0.25) is 0 Å². The number of non-ortho nitro benzene ring substituents is 1. The molecule has 1 atom stereocenters. The Morgan fingerprint density at radius 3 is 2.46 bits per heavy atom. The third kappa shape index (κ3) is 2.23. The molecule has 0 radical (unpaired) electrons. The molecule has 2 heterocycles. The maximum Gasteiger partial charge on any atom is 0.277 e. The predicted octanol–water partition coefficient (Wildman–Crippen LogP) is 3.66. The van der Waals surface area contributed by atoms with Gasteiger partial charge in [-0.25, -0.2) is 4.99 Å². The Morgan fingerprint density at radius 2 is 1.68 bits per heavy atom. The zero-order valence-corrected chi connectivity index (χ0v) is 14.5. The first-order valence-corrected chi connectivity index (χ1v) is 8.72. The van der Waals surface area contributed by atoms with E-state index >= 15 is 0 Å². The quantitative estimate of drug-likeness (QED) is 0.531. The predicted molar refractivity (Wildman–Crippen MR) is 106 cm³/mol. The van der Waals surface area contributed by atoms with Crippen LogP contribution in [0.4, 0.5) is 17.1 Å². The molecule has 7 nitrogen and oxygen atoms in total. The maximum absolute atomic E-state index is 13.0. The highest BCUT2D eigenvalue weighted by atomic mass is 16.6. The first-order valence-electron chi connectivity index (χ1n) is 8.72. The summed E-state index contributed by atoms with van der Waals surface area (Å²) in [6.07, 6.45) is 0. The Balaban J connectivity index is 1.79. The van der Waals surface area contributed by atoms with E-state index in [-0.39, 0.29) is 11.6 Å². The van der Waals surface area contributed by atoms with Crippen molar-refractivity contribution < 1.29 is 9.72 Å². The molecule has 2 aliphatic heterocycles. The van der Waals surface area contributed by atoms with Gasteiger partial charge in [0.1, 0.15) is 0 Å². The van der Waals surface area contributed by atoms with Crippen LogP contribution < -0.4 is 10.6 Å². The molecule has 0 fully saturated rings. The summed E-state index contributed by atoms with van der Waals surface area (Å²) >= 11 is 0. The molecule has 5 rings (SSSR count). The summed E-state index contributed by atoms with van der Waals surface area (Å²) < 4.78 is 0. The fourth-order valence-corrected chi connectivity index (χ4v) is 3.69. The highest BCUT2D eigenvalue weighted by Gasteiger charge is 2.50. The van der Waals surface area contributed by atoms with Crippen molar-refractivity contribution in [1.82, 2.24) is 0 Å². The number of carbonyl (C=O) groups is 1. The van der Waals surface area contributed by atoms with Gasteiger partial charge in [-0.2, -0.15) is 0 Å². The average Bonchev–Trinajstić information content (AvgIpc) is 2.98. The molecule has 0 saturated heterocycles. The number of rotatable bonds is 2. The van der Waals surface area contributed by atoms with E-state index in [1.807, 2.05) is 54.6 Å². The van der Waals surface area contributed by atoms with Crippen molar-refractivity contribution in [2.45, 2.75) is 5.66 Å². The van der Waals surface area contributed by atoms with E-state index in [1.54, 1.807) is 6.07 Å². The van der Waals surface area contributed by atoms with Crippen molar-refractivity contribution in [1.29, 1.82) is 0 Å². The lowest BCUT2D eigenvalue weighted by atomic mass is 9.92. The third-order valence-electron chi connectivity index (χ3n) is 5.01. The Hall–Kier alpha value is -4.00. The monoisotopic (exact) mass is 370 g/mol. The first-order chi connectivity index (χ1) is 13.6. The maximum atomic E-state index is 13.0. The lowest BCUT2D eigenvalue weighted by molar-refractivity contribution is -0.384. The van der Waals surface area contributed by atoms with Crippen molar-refractivity contribution >= 4 is 28.7 Å². The molecule has 3 aromatic carbocycles. The molecular formula is C21H14N4O3. The van der Waals surface area contributed by atoms with E-state index in [4.69, 9.17) is 4.99 Å². The lowest BCUT2D eigenvalue weighted by Gasteiger charge is -2.32. The molecule has 7 heteroatoms. The number of nitrogens with zero attached hydrogens (tertiary/aromatic N) is 2. The Morgan fingerprint density at radius 1 is 0.929 bits per heavy atom. The van der Waals surface area contributed by atoms with Gasteiger partial charge in [-0.15, -0.1) is 0 Å². The second-order valence-corrected chi connectivity index (χ2v) is 6.65. The van der Waals surface area contributed by atoms with Crippen LogP contribution in [-0.2, 0) is 10.5 Å². The number of anilines is 2. The molecule has 2 aliphatic rings. The minimum absolute atomic E-state index is 0.0910. The van der Waals surface area contributed by atoms with Gasteiger partial charge in [0, 0.05) is 40.2 Å². The van der Waals surface area contributed by atoms with Gasteiger partial charge in [-0.1, -0.05) is 48.5 Å². The molecule has 0 aromatic heterocycles. The summed E-state index contributed by atoms with van der Waals surface area (Å²) in [7, 11) is 0. The summed E-state index contributed by atoms with van der Waals surface area (Å²) in [5.41, 5.74) is 2.53. The molecule has 1 unspecified atom stereocenters. The molecule has 3 aromatic rings. The van der Waals surface area contributed by atoms with Gasteiger partial charge in [0.05, 0.1) is 10.6 Å². The molecule has 1 amide bonds. The number of para-hydroxylation sites is 1. The van der Waals surface area contributed by atoms with Gasteiger partial charge in [0.25, 0.3) is 11.6 Å². The highest BCUT2D eigenvalue weighted by Crippen LogP contribution is 2.45. The number of aliphatic imine (C=N–C) groups is 1. The van der Waals surface area contributed by atoms with Gasteiger partial charge in [-0.3, -0.25) is 14.9 Å². The van der Waals surface area contributed by atoms with Crippen LogP contribution >= 0.6 is 0 Å². The van der Waals surface area contributed by atoms with Crippen molar-refractivity contribution in [3.05, 3.63) is 99.6 Å². The minimum atomic E-state index is -1.46. The third-order valence-corrected chi connectivity index (χ3v) is 5.01. The standard InChI is InChI=1S/C21H14N4O3/c26-20-21(16-12-14(25(27)28)10-11-18(16)22-20)23-17-9-5-4-8-15(17)19(24-21)13-6-2-1-3-7-13/h1-12,23H,(H,22,26). The van der Waals surface area contributed by atoms with E-state index in [0.29, 0.717) is 17.0 Å². The number of nitrogens with one attached hydrogen (secondary N) is 2. The number of amides is 1. The highest BCUT2D eigenvalue weighted by molar-refractivity contribution is 6.20. The number of carbonyl (C=O) groups excluding carboxylic acids is 1. The molecule has 136 valence electrons. The van der Waals surface area contributed by atoms with Crippen LogP contribution in [0.15, 0.2) is 77.8 Å². The van der Waals surface area contributed by atoms with Crippen molar-refractivity contribution in [3.8, 4) is 0 Å². The normalized spacial score (nSPS) is 19.3. The van der Waals surface area contributed by atoms with Crippen LogP contribution in [0.5, 0.6) is 0 Å². The summed E-state index contributed by atoms with van der Waals surface area (Å²) in [4.78, 5) is 28.6. The minimum Gasteiger partial charge on any atom is -0.349 e. The molecule has 1 spiro atoms. The molecule has 0 bridgehead atoms. The zero-order chi connectivity index (χ0) is 19.3. The Labute approximate surface area is 159 Å². The fraction of sp³-hybridized carbons (Fsp3) is 0.0476. The van der Waals surface area contributed by atoms with Gasteiger partial charge in [-0.05, 0) is 12.1 Å². The van der Waals surface area contributed by atoms with Crippen LogP contribution in [0.1, 0.15) is 16.7 Å². The SMILES string of the molecule is O=C1Nc2ccc([N+](=O)[O-])cc2C12N=C(c1ccccc1)c1ccccc1N2.